The van der Waals surface area contributed by atoms with Crippen molar-refractivity contribution < 1.29 is 9.53 Å². The van der Waals surface area contributed by atoms with Crippen LogP contribution < -0.4 is 0 Å². The average molecular weight is 345 g/mol. The second kappa shape index (κ2) is 6.31. The summed E-state index contributed by atoms with van der Waals surface area (Å²) in [6, 6.07) is 7.81. The zero-order valence-electron chi connectivity index (χ0n) is 9.42. The van der Waals surface area contributed by atoms with Crippen LogP contribution in [0.2, 0.25) is 0 Å². The first-order chi connectivity index (χ1) is 8.70. The van der Waals surface area contributed by atoms with E-state index in [1.807, 2.05) is 24.3 Å². The van der Waals surface area contributed by atoms with E-state index in [1.54, 1.807) is 6.92 Å². The molecule has 0 bridgehead atoms. The number of hydrogen-bond donors (Lipinski definition) is 0. The molecule has 1 aromatic carbocycles. The van der Waals surface area contributed by atoms with Crippen LogP contribution >= 0.6 is 39.0 Å². The lowest BCUT2D eigenvalue weighted by Crippen LogP contribution is -2.03. The Kier molecular flexibility index (Phi) is 4.73. The van der Waals surface area contributed by atoms with Crippen LogP contribution in [0.5, 0.6) is 0 Å². The third-order valence-corrected chi connectivity index (χ3v) is 4.87. The topological polar surface area (TPSA) is 52.1 Å². The van der Waals surface area contributed by atoms with Crippen LogP contribution in [0.1, 0.15) is 16.7 Å². The number of benzene rings is 1. The van der Waals surface area contributed by atoms with Gasteiger partial charge in [-0.1, -0.05) is 35.2 Å². The van der Waals surface area contributed by atoms with Gasteiger partial charge in [0, 0.05) is 9.37 Å². The molecule has 2 aromatic rings. The fourth-order valence-corrected chi connectivity index (χ4v) is 3.40. The molecule has 0 aliphatic heterocycles. The number of nitrogens with zero attached hydrogens (tertiary/aromatic N) is 2. The van der Waals surface area contributed by atoms with Crippen LogP contribution in [0.3, 0.4) is 0 Å². The van der Waals surface area contributed by atoms with E-state index in [4.69, 9.17) is 4.74 Å². The maximum absolute atomic E-state index is 11.4. The first-order valence-electron chi connectivity index (χ1n) is 5.13. The number of aromatic nitrogens is 2. The summed E-state index contributed by atoms with van der Waals surface area (Å²) in [6.45, 7) is 2.10. The van der Waals surface area contributed by atoms with Crippen LogP contribution in [-0.2, 0) is 4.74 Å². The maximum Gasteiger partial charge on any atom is 0.369 e. The lowest BCUT2D eigenvalue weighted by Gasteiger charge is -1.99. The van der Waals surface area contributed by atoms with E-state index in [9.17, 15) is 4.79 Å². The Balaban J connectivity index is 2.12. The number of esters is 1. The van der Waals surface area contributed by atoms with Gasteiger partial charge in [0.15, 0.2) is 4.34 Å². The number of ether oxygens (including phenoxy) is 1. The maximum atomic E-state index is 11.4. The molecule has 0 unspecified atom stereocenters. The van der Waals surface area contributed by atoms with Crippen molar-refractivity contribution in [3.05, 3.63) is 33.7 Å². The molecular weight excluding hydrogens is 336 g/mol. The van der Waals surface area contributed by atoms with Gasteiger partial charge in [-0.3, -0.25) is 0 Å². The molecule has 94 valence electrons. The molecule has 0 fully saturated rings. The predicted molar refractivity (Wildman–Crippen MR) is 74.1 cm³/mol. The largest absolute Gasteiger partial charge is 0.461 e. The third kappa shape index (κ3) is 3.30. The first kappa shape index (κ1) is 13.5. The Labute approximate surface area is 121 Å². The van der Waals surface area contributed by atoms with Crippen molar-refractivity contribution in [3.63, 3.8) is 0 Å². The van der Waals surface area contributed by atoms with Crippen LogP contribution in [0.4, 0.5) is 0 Å². The Morgan fingerprint density at radius 2 is 2.22 bits per heavy atom. The molecular formula is C11H9BrN2O2S2. The van der Waals surface area contributed by atoms with Gasteiger partial charge in [-0.25, -0.2) is 4.79 Å². The third-order valence-electron chi connectivity index (χ3n) is 1.89. The van der Waals surface area contributed by atoms with Gasteiger partial charge in [-0.15, -0.1) is 10.2 Å². The lowest BCUT2D eigenvalue weighted by atomic mass is 10.4. The van der Waals surface area contributed by atoms with Crippen molar-refractivity contribution in [2.45, 2.75) is 16.2 Å². The van der Waals surface area contributed by atoms with Crippen molar-refractivity contribution in [2.75, 3.05) is 6.61 Å². The van der Waals surface area contributed by atoms with Crippen molar-refractivity contribution in [2.24, 2.45) is 0 Å². The number of hydrogen-bond acceptors (Lipinski definition) is 6. The highest BCUT2D eigenvalue weighted by molar-refractivity contribution is 9.10. The summed E-state index contributed by atoms with van der Waals surface area (Å²) >= 11 is 6.15. The fourth-order valence-electron chi connectivity index (χ4n) is 1.15. The number of carbonyl (C=O) groups excluding carboxylic acids is 1. The summed E-state index contributed by atoms with van der Waals surface area (Å²) in [5.74, 6) is -0.422. The van der Waals surface area contributed by atoms with Crippen LogP contribution in [0.25, 0.3) is 0 Å². The highest BCUT2D eigenvalue weighted by atomic mass is 79.9. The standard InChI is InChI=1S/C11H9BrN2O2S2/c1-2-16-10(15)9-13-14-11(18-9)17-8-6-4-3-5-7(8)12/h3-6H,2H2,1H3. The molecule has 0 N–H and O–H groups in total. The highest BCUT2D eigenvalue weighted by Gasteiger charge is 2.14. The number of carbonyl (C=O) groups is 1. The molecule has 0 atom stereocenters. The number of halogens is 1. The summed E-state index contributed by atoms with van der Waals surface area (Å²) in [6.07, 6.45) is 0. The monoisotopic (exact) mass is 344 g/mol. The molecule has 0 amide bonds. The Morgan fingerprint density at radius 1 is 1.44 bits per heavy atom. The van der Waals surface area contributed by atoms with E-state index >= 15 is 0 Å². The Bertz CT molecular complexity index is 559. The summed E-state index contributed by atoms with van der Waals surface area (Å²) in [7, 11) is 0. The molecule has 0 aliphatic carbocycles. The molecule has 1 aromatic heterocycles. The zero-order valence-corrected chi connectivity index (χ0v) is 12.6. The first-order valence-corrected chi connectivity index (χ1v) is 7.56. The normalized spacial score (nSPS) is 10.3. The van der Waals surface area contributed by atoms with Gasteiger partial charge in [0.25, 0.3) is 0 Å². The van der Waals surface area contributed by atoms with Gasteiger partial charge < -0.3 is 4.74 Å². The van der Waals surface area contributed by atoms with Crippen molar-refractivity contribution in [1.29, 1.82) is 0 Å². The van der Waals surface area contributed by atoms with Crippen molar-refractivity contribution >= 4 is 45.0 Å². The van der Waals surface area contributed by atoms with Gasteiger partial charge in [0.1, 0.15) is 0 Å². The van der Waals surface area contributed by atoms with E-state index in [0.29, 0.717) is 10.9 Å². The summed E-state index contributed by atoms with van der Waals surface area (Å²) in [5.41, 5.74) is 0. The van der Waals surface area contributed by atoms with E-state index in [0.717, 1.165) is 9.37 Å². The Morgan fingerprint density at radius 3 is 2.94 bits per heavy atom. The molecule has 0 aliphatic rings. The van der Waals surface area contributed by atoms with Crippen LogP contribution in [0.15, 0.2) is 38.0 Å². The van der Waals surface area contributed by atoms with Gasteiger partial charge in [-0.05, 0) is 35.0 Å². The molecule has 0 saturated heterocycles. The molecule has 4 nitrogen and oxygen atoms in total. The lowest BCUT2D eigenvalue weighted by molar-refractivity contribution is 0.0525. The number of rotatable bonds is 4. The Hall–Kier alpha value is -0.920. The summed E-state index contributed by atoms with van der Waals surface area (Å²) < 4.78 is 6.57. The molecule has 0 spiro atoms. The summed E-state index contributed by atoms with van der Waals surface area (Å²) in [5, 5.41) is 8.07. The van der Waals surface area contributed by atoms with Gasteiger partial charge in [0.05, 0.1) is 6.61 Å². The van der Waals surface area contributed by atoms with Crippen molar-refractivity contribution in [1.82, 2.24) is 10.2 Å². The quantitative estimate of drug-likeness (QED) is 0.792. The zero-order chi connectivity index (χ0) is 13.0. The SMILES string of the molecule is CCOC(=O)c1nnc(Sc2ccccc2Br)s1. The average Bonchev–Trinajstić information content (AvgIpc) is 2.81. The van der Waals surface area contributed by atoms with E-state index in [1.165, 1.54) is 23.1 Å². The van der Waals surface area contributed by atoms with E-state index in [2.05, 4.69) is 26.1 Å². The van der Waals surface area contributed by atoms with E-state index < -0.39 is 5.97 Å². The second-order valence-corrected chi connectivity index (χ2v) is 6.25. The molecule has 2 rings (SSSR count). The van der Waals surface area contributed by atoms with Gasteiger partial charge in [0.2, 0.25) is 5.01 Å². The van der Waals surface area contributed by atoms with Gasteiger partial charge in [-0.2, -0.15) is 0 Å². The van der Waals surface area contributed by atoms with Crippen LogP contribution in [-0.4, -0.2) is 22.8 Å². The minimum Gasteiger partial charge on any atom is -0.461 e. The molecule has 18 heavy (non-hydrogen) atoms. The molecule has 0 radical (unpaired) electrons. The minimum atomic E-state index is -0.422. The predicted octanol–water partition coefficient (Wildman–Crippen LogP) is 3.63. The smallest absolute Gasteiger partial charge is 0.369 e. The van der Waals surface area contributed by atoms with Crippen molar-refractivity contribution in [3.8, 4) is 0 Å². The van der Waals surface area contributed by atoms with E-state index in [-0.39, 0.29) is 5.01 Å². The molecule has 0 saturated carbocycles. The van der Waals surface area contributed by atoms with Gasteiger partial charge >= 0.3 is 5.97 Å². The summed E-state index contributed by atoms with van der Waals surface area (Å²) in [4.78, 5) is 12.5. The fraction of sp³-hybridized carbons (Fsp3) is 0.182. The van der Waals surface area contributed by atoms with Crippen LogP contribution in [0, 0.1) is 0 Å². The second-order valence-electron chi connectivity index (χ2n) is 3.13. The highest BCUT2D eigenvalue weighted by Crippen LogP contribution is 2.34. The minimum absolute atomic E-state index is 0.284. The molecule has 7 heteroatoms. The molecule has 1 heterocycles.